The lowest BCUT2D eigenvalue weighted by Crippen LogP contribution is -2.50. The summed E-state index contributed by atoms with van der Waals surface area (Å²) in [4.78, 5) is 11.7. The molecule has 1 aromatic rings. The van der Waals surface area contributed by atoms with Crippen molar-refractivity contribution in [1.82, 2.24) is 10.6 Å². The van der Waals surface area contributed by atoms with Gasteiger partial charge in [0.2, 0.25) is 5.91 Å². The number of ether oxygens (including phenoxy) is 1. The number of nitrogens with one attached hydrogen (secondary N) is 2. The molecular formula is C13H17ClN2O2. The summed E-state index contributed by atoms with van der Waals surface area (Å²) in [5.74, 6) is 0.955. The van der Waals surface area contributed by atoms with Crippen LogP contribution in [-0.2, 0) is 11.3 Å². The number of hydrogen-bond acceptors (Lipinski definition) is 3. The van der Waals surface area contributed by atoms with Gasteiger partial charge in [0.05, 0.1) is 13.0 Å². The number of carbonyl (C=O) groups is 1. The Balaban J connectivity index is 2.05. The van der Waals surface area contributed by atoms with Gasteiger partial charge in [0, 0.05) is 30.2 Å². The summed E-state index contributed by atoms with van der Waals surface area (Å²) in [6.45, 7) is 3.90. The Labute approximate surface area is 112 Å². The molecule has 1 fully saturated rings. The first-order valence-corrected chi connectivity index (χ1v) is 6.31. The zero-order chi connectivity index (χ0) is 13.1. The lowest BCUT2D eigenvalue weighted by atomic mass is 10.0. The van der Waals surface area contributed by atoms with E-state index in [2.05, 4.69) is 10.6 Å². The maximum absolute atomic E-state index is 11.7. The zero-order valence-electron chi connectivity index (χ0n) is 10.5. The van der Waals surface area contributed by atoms with Crippen LogP contribution in [0.1, 0.15) is 11.1 Å². The molecule has 1 amide bonds. The van der Waals surface area contributed by atoms with Gasteiger partial charge in [-0.3, -0.25) is 4.79 Å². The molecule has 1 saturated heterocycles. The summed E-state index contributed by atoms with van der Waals surface area (Å²) in [5, 5.41) is 6.64. The van der Waals surface area contributed by atoms with Crippen LogP contribution in [0.4, 0.5) is 0 Å². The maximum Gasteiger partial charge on any atom is 0.225 e. The van der Waals surface area contributed by atoms with Gasteiger partial charge in [-0.05, 0) is 24.6 Å². The number of carbonyl (C=O) groups excluding carboxylic acids is 1. The standard InChI is InChI=1S/C13H17ClN2O2/c1-8-3-11(14)4-9(12(8)18-2)7-16-13(17)10-5-15-6-10/h3-4,10,15H,5-7H2,1-2H3,(H,16,17). The van der Waals surface area contributed by atoms with Crippen molar-refractivity contribution in [3.63, 3.8) is 0 Å². The average molecular weight is 269 g/mol. The van der Waals surface area contributed by atoms with Gasteiger partial charge in [-0.15, -0.1) is 0 Å². The van der Waals surface area contributed by atoms with Gasteiger partial charge >= 0.3 is 0 Å². The third-order valence-corrected chi connectivity index (χ3v) is 3.34. The Bertz CT molecular complexity index is 459. The number of halogens is 1. The van der Waals surface area contributed by atoms with Gasteiger partial charge in [-0.2, -0.15) is 0 Å². The van der Waals surface area contributed by atoms with Crippen molar-refractivity contribution >= 4 is 17.5 Å². The Morgan fingerprint density at radius 1 is 1.56 bits per heavy atom. The summed E-state index contributed by atoms with van der Waals surface area (Å²) in [6, 6.07) is 3.67. The third-order valence-electron chi connectivity index (χ3n) is 3.13. The highest BCUT2D eigenvalue weighted by Crippen LogP contribution is 2.27. The van der Waals surface area contributed by atoms with Crippen molar-refractivity contribution in [3.05, 3.63) is 28.3 Å². The second kappa shape index (κ2) is 5.59. The number of methoxy groups -OCH3 is 1. The molecule has 0 atom stereocenters. The van der Waals surface area contributed by atoms with Crippen LogP contribution < -0.4 is 15.4 Å². The van der Waals surface area contributed by atoms with Crippen molar-refractivity contribution in [2.75, 3.05) is 20.2 Å². The molecule has 2 rings (SSSR count). The summed E-state index contributed by atoms with van der Waals surface area (Å²) < 4.78 is 5.34. The van der Waals surface area contributed by atoms with Gasteiger partial charge in [0.15, 0.2) is 0 Å². The van der Waals surface area contributed by atoms with Crippen LogP contribution in [0.5, 0.6) is 5.75 Å². The van der Waals surface area contributed by atoms with Crippen molar-refractivity contribution in [2.24, 2.45) is 5.92 Å². The Hall–Kier alpha value is -1.26. The first-order valence-electron chi connectivity index (χ1n) is 5.93. The SMILES string of the molecule is COc1c(C)cc(Cl)cc1CNC(=O)C1CNC1. The van der Waals surface area contributed by atoms with E-state index in [0.717, 1.165) is 30.0 Å². The largest absolute Gasteiger partial charge is 0.496 e. The number of amides is 1. The summed E-state index contributed by atoms with van der Waals surface area (Å²) in [7, 11) is 1.62. The fourth-order valence-corrected chi connectivity index (χ4v) is 2.32. The van der Waals surface area contributed by atoms with Crippen LogP contribution in [0.15, 0.2) is 12.1 Å². The number of benzene rings is 1. The Morgan fingerprint density at radius 3 is 2.83 bits per heavy atom. The first-order chi connectivity index (χ1) is 8.61. The van der Waals surface area contributed by atoms with E-state index in [4.69, 9.17) is 16.3 Å². The average Bonchev–Trinajstić information content (AvgIpc) is 2.23. The molecule has 0 aliphatic carbocycles. The summed E-state index contributed by atoms with van der Waals surface area (Å²) in [5.41, 5.74) is 1.88. The smallest absolute Gasteiger partial charge is 0.225 e. The van der Waals surface area contributed by atoms with E-state index < -0.39 is 0 Å². The van der Waals surface area contributed by atoms with Gasteiger partial charge in [0.25, 0.3) is 0 Å². The molecule has 1 heterocycles. The van der Waals surface area contributed by atoms with E-state index in [1.807, 2.05) is 19.1 Å². The molecule has 0 spiro atoms. The van der Waals surface area contributed by atoms with Crippen LogP contribution in [0.3, 0.4) is 0 Å². The fraction of sp³-hybridized carbons (Fsp3) is 0.462. The quantitative estimate of drug-likeness (QED) is 0.870. The molecule has 0 aromatic heterocycles. The van der Waals surface area contributed by atoms with Crippen molar-refractivity contribution < 1.29 is 9.53 Å². The van der Waals surface area contributed by atoms with Crippen molar-refractivity contribution in [2.45, 2.75) is 13.5 Å². The van der Waals surface area contributed by atoms with Crippen LogP contribution in [0.2, 0.25) is 5.02 Å². The lowest BCUT2D eigenvalue weighted by Gasteiger charge is -2.26. The molecule has 98 valence electrons. The van der Waals surface area contributed by atoms with E-state index in [1.165, 1.54) is 0 Å². The molecule has 2 N–H and O–H groups in total. The van der Waals surface area contributed by atoms with Crippen LogP contribution in [0, 0.1) is 12.8 Å². The van der Waals surface area contributed by atoms with E-state index in [0.29, 0.717) is 11.6 Å². The van der Waals surface area contributed by atoms with E-state index in [1.54, 1.807) is 7.11 Å². The van der Waals surface area contributed by atoms with Crippen LogP contribution in [0.25, 0.3) is 0 Å². The highest BCUT2D eigenvalue weighted by atomic mass is 35.5. The molecule has 1 aromatic carbocycles. The molecule has 1 aliphatic heterocycles. The van der Waals surface area contributed by atoms with Crippen molar-refractivity contribution in [3.8, 4) is 5.75 Å². The van der Waals surface area contributed by atoms with Gasteiger partial charge in [-0.1, -0.05) is 11.6 Å². The predicted molar refractivity (Wildman–Crippen MR) is 70.9 cm³/mol. The van der Waals surface area contributed by atoms with Crippen LogP contribution in [-0.4, -0.2) is 26.1 Å². The molecule has 5 heteroatoms. The van der Waals surface area contributed by atoms with Gasteiger partial charge in [0.1, 0.15) is 5.75 Å². The summed E-state index contributed by atoms with van der Waals surface area (Å²) in [6.07, 6.45) is 0. The molecule has 0 bridgehead atoms. The minimum atomic E-state index is 0.0773. The molecule has 0 saturated carbocycles. The second-order valence-corrected chi connectivity index (χ2v) is 4.92. The highest BCUT2D eigenvalue weighted by Gasteiger charge is 2.24. The number of hydrogen-bond donors (Lipinski definition) is 2. The number of rotatable bonds is 4. The van der Waals surface area contributed by atoms with Gasteiger partial charge < -0.3 is 15.4 Å². The maximum atomic E-state index is 11.7. The Kier molecular flexibility index (Phi) is 4.09. The molecule has 1 aliphatic rings. The zero-order valence-corrected chi connectivity index (χ0v) is 11.3. The second-order valence-electron chi connectivity index (χ2n) is 4.49. The van der Waals surface area contributed by atoms with Crippen molar-refractivity contribution in [1.29, 1.82) is 0 Å². The topological polar surface area (TPSA) is 50.4 Å². The predicted octanol–water partition coefficient (Wildman–Crippen LogP) is 1.49. The van der Waals surface area contributed by atoms with Crippen LogP contribution >= 0.6 is 11.6 Å². The third kappa shape index (κ3) is 2.76. The van der Waals surface area contributed by atoms with E-state index in [9.17, 15) is 4.79 Å². The fourth-order valence-electron chi connectivity index (χ4n) is 2.02. The first kappa shape index (κ1) is 13.2. The molecule has 0 radical (unpaired) electrons. The monoisotopic (exact) mass is 268 g/mol. The minimum absolute atomic E-state index is 0.0773. The lowest BCUT2D eigenvalue weighted by molar-refractivity contribution is -0.126. The molecule has 18 heavy (non-hydrogen) atoms. The summed E-state index contributed by atoms with van der Waals surface area (Å²) >= 11 is 6.02. The Morgan fingerprint density at radius 2 is 2.28 bits per heavy atom. The molecule has 4 nitrogen and oxygen atoms in total. The molecular weight excluding hydrogens is 252 g/mol. The normalized spacial score (nSPS) is 15.1. The molecule has 0 unspecified atom stereocenters. The number of aryl methyl sites for hydroxylation is 1. The van der Waals surface area contributed by atoms with E-state index in [-0.39, 0.29) is 11.8 Å². The minimum Gasteiger partial charge on any atom is -0.496 e. The van der Waals surface area contributed by atoms with E-state index >= 15 is 0 Å². The highest BCUT2D eigenvalue weighted by molar-refractivity contribution is 6.30. The van der Waals surface area contributed by atoms with Gasteiger partial charge in [-0.25, -0.2) is 0 Å².